The lowest BCUT2D eigenvalue weighted by Crippen LogP contribution is -2.15. The van der Waals surface area contributed by atoms with Gasteiger partial charge in [-0.3, -0.25) is 9.97 Å². The van der Waals surface area contributed by atoms with E-state index in [2.05, 4.69) is 174 Å². The Morgan fingerprint density at radius 2 is 1.12 bits per heavy atom. The maximum atomic E-state index is 4.36. The number of benzene rings is 5. The molecule has 11 rings (SSSR count). The fourth-order valence-electron chi connectivity index (χ4n) is 8.83. The largest absolute Gasteiger partial charge is 0.264 e. The molecular weight excluding hydrogens is 715 g/mol. The summed E-state index contributed by atoms with van der Waals surface area (Å²) in [6.45, 7) is 0. The lowest BCUT2D eigenvalue weighted by molar-refractivity contribution is 1.19. The second-order valence-electron chi connectivity index (χ2n) is 14.6. The van der Waals surface area contributed by atoms with Gasteiger partial charge in [-0.2, -0.15) is 0 Å². The Kier molecular flexibility index (Phi) is 8.13. The minimum Gasteiger partial charge on any atom is -0.264 e. The van der Waals surface area contributed by atoms with Crippen LogP contribution in [0.3, 0.4) is 0 Å². The Bertz CT molecular complexity index is 2820. The number of fused-ring (bicyclic) bond motifs is 6. The Hall–Kier alpha value is -6.30. The van der Waals surface area contributed by atoms with Gasteiger partial charge in [0, 0.05) is 65.1 Å². The van der Waals surface area contributed by atoms with Crippen LogP contribution in [0.1, 0.15) is 34.6 Å². The molecule has 0 spiro atoms. The van der Waals surface area contributed by atoms with Crippen molar-refractivity contribution in [1.29, 1.82) is 0 Å². The fourth-order valence-corrected chi connectivity index (χ4v) is 14.5. The van der Waals surface area contributed by atoms with Gasteiger partial charge in [0.15, 0.2) is 36.3 Å². The van der Waals surface area contributed by atoms with Gasteiger partial charge in [-0.1, -0.05) is 103 Å². The molecule has 2 aliphatic carbocycles. The van der Waals surface area contributed by atoms with Gasteiger partial charge in [-0.05, 0) is 100 Å². The maximum Gasteiger partial charge on any atom is 0.175 e. The number of rotatable bonds is 6. The zero-order chi connectivity index (χ0) is 37.0. The van der Waals surface area contributed by atoms with Gasteiger partial charge in [0.1, 0.15) is 10.6 Å². The van der Waals surface area contributed by atoms with Crippen LogP contribution in [0.2, 0.25) is 0 Å². The summed E-state index contributed by atoms with van der Waals surface area (Å²) in [5.41, 5.74) is 14.0. The average Bonchev–Trinajstić information content (AvgIpc) is 3.79. The second kappa shape index (κ2) is 13.8. The third-order valence-electron chi connectivity index (χ3n) is 11.4. The molecule has 0 radical (unpaired) electrons. The molecular formula is C52H36N2P2+2. The fraction of sp³-hybridized carbons (Fsp3) is 0.0385. The van der Waals surface area contributed by atoms with E-state index in [1.165, 1.54) is 76.6 Å². The quantitative estimate of drug-likeness (QED) is 0.158. The highest BCUT2D eigenvalue weighted by molar-refractivity contribution is 7.76. The second-order valence-corrected chi connectivity index (χ2v) is 19.0. The first-order valence-electron chi connectivity index (χ1n) is 19.2. The van der Waals surface area contributed by atoms with Crippen LogP contribution in [0.5, 0.6) is 0 Å². The zero-order valence-corrected chi connectivity index (χ0v) is 32.4. The summed E-state index contributed by atoms with van der Waals surface area (Å²) in [6, 6.07) is 54.0. The molecule has 3 unspecified atom stereocenters. The van der Waals surface area contributed by atoms with E-state index in [0.29, 0.717) is 0 Å². The first-order valence-corrected chi connectivity index (χ1v) is 21.9. The molecule has 56 heavy (non-hydrogen) atoms. The maximum absolute atomic E-state index is 4.36. The molecule has 0 amide bonds. The summed E-state index contributed by atoms with van der Waals surface area (Å²) in [5, 5.41) is 8.94. The Balaban J connectivity index is 0.975. The number of allylic oxidation sites excluding steroid dienone is 8. The van der Waals surface area contributed by atoms with Crippen molar-refractivity contribution in [2.45, 2.75) is 12.3 Å². The molecule has 4 heterocycles. The molecule has 0 bridgehead atoms. The van der Waals surface area contributed by atoms with E-state index >= 15 is 0 Å². The molecule has 0 saturated carbocycles. The SMILES string of the molecule is C1=CC2=[P+](c3cccc([P+]4=C5CC=C(c6cccc(-c7cccnc7)c6)C=C5c5ccccc54)c3)c3ccccc3C2C=C1c1cccc(-c2cccnc2)c1. The molecule has 5 aromatic carbocycles. The number of hydrogen-bond acceptors (Lipinski definition) is 2. The van der Waals surface area contributed by atoms with E-state index in [4.69, 9.17) is 0 Å². The van der Waals surface area contributed by atoms with Gasteiger partial charge in [0.2, 0.25) is 0 Å². The molecule has 7 aromatic rings. The predicted molar refractivity (Wildman–Crippen MR) is 241 cm³/mol. The normalized spacial score (nSPS) is 17.7. The van der Waals surface area contributed by atoms with Gasteiger partial charge in [-0.15, -0.1) is 0 Å². The van der Waals surface area contributed by atoms with Gasteiger partial charge in [-0.25, -0.2) is 0 Å². The lowest BCUT2D eigenvalue weighted by atomic mass is 9.87. The lowest BCUT2D eigenvalue weighted by Gasteiger charge is -2.14. The third kappa shape index (κ3) is 5.65. The van der Waals surface area contributed by atoms with E-state index in [-0.39, 0.29) is 5.92 Å². The molecule has 0 fully saturated rings. The van der Waals surface area contributed by atoms with Crippen LogP contribution in [-0.2, 0) is 0 Å². The molecule has 4 heteroatoms. The van der Waals surface area contributed by atoms with E-state index in [9.17, 15) is 0 Å². The van der Waals surface area contributed by atoms with E-state index in [1.54, 1.807) is 5.29 Å². The molecule has 3 atom stereocenters. The highest BCUT2D eigenvalue weighted by Crippen LogP contribution is 2.47. The molecule has 0 N–H and O–H groups in total. The predicted octanol–water partition coefficient (Wildman–Crippen LogP) is 10.7. The van der Waals surface area contributed by atoms with Crippen LogP contribution in [0.25, 0.3) is 39.0 Å². The third-order valence-corrected chi connectivity index (χ3v) is 16.7. The molecule has 2 nitrogen and oxygen atoms in total. The highest BCUT2D eigenvalue weighted by atomic mass is 31.1. The van der Waals surface area contributed by atoms with Crippen LogP contribution < -0.4 is 21.2 Å². The van der Waals surface area contributed by atoms with Crippen molar-refractivity contribution in [2.75, 3.05) is 0 Å². The standard InChI is InChI=1S/C52H36N2P2/c1-3-20-49-45(18-1)47-30-39(35-10-5-12-37(28-35)41-14-8-26-53-33-41)22-24-51(47)55(49)43-16-7-17-44(32-43)56-50-21-4-2-19-46(50)48-31-40(23-25-52(48)56)36-11-6-13-38(29-36)42-15-9-27-54-34-42/h1-24,26-34,47H,25H2/q+2. The summed E-state index contributed by atoms with van der Waals surface area (Å²) < 4.78 is 0. The smallest absolute Gasteiger partial charge is 0.175 e. The van der Waals surface area contributed by atoms with Gasteiger partial charge in [0.05, 0.1) is 5.92 Å². The van der Waals surface area contributed by atoms with Gasteiger partial charge in [0.25, 0.3) is 0 Å². The van der Waals surface area contributed by atoms with Crippen molar-refractivity contribution in [3.8, 4) is 22.3 Å². The minimum absolute atomic E-state index is 0.267. The van der Waals surface area contributed by atoms with Crippen LogP contribution in [0.15, 0.2) is 201 Å². The number of pyridine rings is 2. The van der Waals surface area contributed by atoms with E-state index in [1.807, 2.05) is 36.9 Å². The van der Waals surface area contributed by atoms with Gasteiger partial charge < -0.3 is 0 Å². The van der Waals surface area contributed by atoms with Crippen molar-refractivity contribution in [1.82, 2.24) is 9.97 Å². The van der Waals surface area contributed by atoms with Crippen LogP contribution >= 0.6 is 15.1 Å². The summed E-state index contributed by atoms with van der Waals surface area (Å²) in [6.07, 6.45) is 20.7. The van der Waals surface area contributed by atoms with Crippen molar-refractivity contribution in [2.24, 2.45) is 0 Å². The summed E-state index contributed by atoms with van der Waals surface area (Å²) in [4.78, 5) is 8.72. The summed E-state index contributed by atoms with van der Waals surface area (Å²) in [7, 11) is -1.33. The first-order chi connectivity index (χ1) is 27.8. The van der Waals surface area contributed by atoms with Gasteiger partial charge >= 0.3 is 0 Å². The number of hydrogen-bond donors (Lipinski definition) is 0. The van der Waals surface area contributed by atoms with Crippen LogP contribution in [0, 0.1) is 0 Å². The zero-order valence-electron chi connectivity index (χ0n) is 30.6. The van der Waals surface area contributed by atoms with Crippen molar-refractivity contribution in [3.05, 3.63) is 223 Å². The molecule has 4 aliphatic rings. The van der Waals surface area contributed by atoms with E-state index < -0.39 is 15.1 Å². The Morgan fingerprint density at radius 3 is 1.86 bits per heavy atom. The van der Waals surface area contributed by atoms with E-state index in [0.717, 1.165) is 17.5 Å². The highest BCUT2D eigenvalue weighted by Gasteiger charge is 2.43. The molecule has 0 saturated heterocycles. The topological polar surface area (TPSA) is 25.8 Å². The Morgan fingerprint density at radius 1 is 0.500 bits per heavy atom. The van der Waals surface area contributed by atoms with Crippen LogP contribution in [-0.4, -0.2) is 20.6 Å². The monoisotopic (exact) mass is 750 g/mol. The van der Waals surface area contributed by atoms with Crippen LogP contribution in [0.4, 0.5) is 0 Å². The first kappa shape index (κ1) is 33.1. The number of nitrogens with zero attached hydrogens (tertiary/aromatic N) is 2. The summed E-state index contributed by atoms with van der Waals surface area (Å²) >= 11 is 0. The van der Waals surface area contributed by atoms with Crippen molar-refractivity contribution < 1.29 is 0 Å². The number of aromatic nitrogens is 2. The molecule has 262 valence electrons. The Labute approximate surface area is 329 Å². The minimum atomic E-state index is -0.674. The summed E-state index contributed by atoms with van der Waals surface area (Å²) in [5.74, 6) is 0.267. The van der Waals surface area contributed by atoms with Crippen molar-refractivity contribution >= 4 is 63.6 Å². The average molecular weight is 751 g/mol. The van der Waals surface area contributed by atoms with Crippen molar-refractivity contribution in [3.63, 3.8) is 0 Å². The molecule has 2 aromatic heterocycles. The molecule has 2 aliphatic heterocycles.